The minimum absolute atomic E-state index is 0.150. The number of hydrogen-bond acceptors (Lipinski definition) is 5. The fourth-order valence-electron chi connectivity index (χ4n) is 5.33. The zero-order chi connectivity index (χ0) is 26.5. The molecule has 0 saturated carbocycles. The lowest BCUT2D eigenvalue weighted by molar-refractivity contribution is 0.0695. The van der Waals surface area contributed by atoms with Crippen LogP contribution < -0.4 is 20.1 Å². The van der Waals surface area contributed by atoms with E-state index in [4.69, 9.17) is 9.47 Å². The van der Waals surface area contributed by atoms with Gasteiger partial charge in [0.25, 0.3) is 0 Å². The van der Waals surface area contributed by atoms with E-state index in [-0.39, 0.29) is 12.4 Å². The number of fused-ring (bicyclic) bond motifs is 1. The summed E-state index contributed by atoms with van der Waals surface area (Å²) < 4.78 is 11.2. The molecule has 2 amide bonds. The first kappa shape index (κ1) is 25.6. The number of carbonyl (C=O) groups is 2. The van der Waals surface area contributed by atoms with E-state index >= 15 is 0 Å². The number of piperidine rings is 1. The minimum atomic E-state index is -1.02. The molecule has 1 saturated heterocycles. The van der Waals surface area contributed by atoms with Crippen molar-refractivity contribution in [1.29, 1.82) is 0 Å². The Bertz CT molecular complexity index is 1300. The van der Waals surface area contributed by atoms with Crippen LogP contribution >= 0.6 is 0 Å². The smallest absolute Gasteiger partial charge is 0.336 e. The lowest BCUT2D eigenvalue weighted by atomic mass is 9.90. The second-order valence-corrected chi connectivity index (χ2v) is 9.84. The molecule has 0 unspecified atom stereocenters. The number of carboxylic acid groups (broad SMARTS) is 1. The van der Waals surface area contributed by atoms with Gasteiger partial charge in [0.15, 0.2) is 11.5 Å². The van der Waals surface area contributed by atoms with Crippen LogP contribution in [-0.4, -0.2) is 41.9 Å². The van der Waals surface area contributed by atoms with Gasteiger partial charge in [-0.15, -0.1) is 0 Å². The number of anilines is 2. The average Bonchev–Trinajstić information content (AvgIpc) is 3.37. The van der Waals surface area contributed by atoms with Crippen molar-refractivity contribution in [3.63, 3.8) is 0 Å². The molecule has 0 spiro atoms. The molecule has 5 rings (SSSR count). The van der Waals surface area contributed by atoms with Crippen molar-refractivity contribution in [2.45, 2.75) is 39.2 Å². The van der Waals surface area contributed by atoms with Gasteiger partial charge in [0, 0.05) is 18.3 Å². The molecule has 2 heterocycles. The monoisotopic (exact) mass is 515 g/mol. The van der Waals surface area contributed by atoms with E-state index in [9.17, 15) is 14.7 Å². The maximum Gasteiger partial charge on any atom is 0.336 e. The molecular weight excluding hydrogens is 482 g/mol. The SMILES string of the molecule is CCc1c(NC(=O)Nc2cc3c(cc2CN2CCC(Cc4ccccc4)CC2)OCO3)cccc1C(=O)O. The number of carbonyl (C=O) groups excluding carboxylic acids is 1. The van der Waals surface area contributed by atoms with Crippen molar-refractivity contribution < 1.29 is 24.2 Å². The van der Waals surface area contributed by atoms with Crippen molar-refractivity contribution in [3.05, 3.63) is 82.9 Å². The molecule has 0 radical (unpaired) electrons. The van der Waals surface area contributed by atoms with Gasteiger partial charge in [-0.1, -0.05) is 43.3 Å². The van der Waals surface area contributed by atoms with Crippen LogP contribution in [0.5, 0.6) is 11.5 Å². The molecule has 0 aromatic heterocycles. The minimum Gasteiger partial charge on any atom is -0.478 e. The van der Waals surface area contributed by atoms with Gasteiger partial charge in [-0.25, -0.2) is 9.59 Å². The summed E-state index contributed by atoms with van der Waals surface area (Å²) in [6.07, 6.45) is 3.84. The lowest BCUT2D eigenvalue weighted by Gasteiger charge is -2.32. The molecule has 0 bridgehead atoms. The number of nitrogens with one attached hydrogen (secondary N) is 2. The van der Waals surface area contributed by atoms with Crippen LogP contribution in [0.15, 0.2) is 60.7 Å². The molecule has 0 atom stereocenters. The van der Waals surface area contributed by atoms with Crippen LogP contribution in [-0.2, 0) is 19.4 Å². The summed E-state index contributed by atoms with van der Waals surface area (Å²) in [6.45, 7) is 4.67. The Labute approximate surface area is 222 Å². The zero-order valence-corrected chi connectivity index (χ0v) is 21.5. The fraction of sp³-hybridized carbons (Fsp3) is 0.333. The van der Waals surface area contributed by atoms with Crippen LogP contribution in [0.3, 0.4) is 0 Å². The highest BCUT2D eigenvalue weighted by Gasteiger charge is 2.24. The van der Waals surface area contributed by atoms with Gasteiger partial charge >= 0.3 is 12.0 Å². The Morgan fingerprint density at radius 3 is 2.37 bits per heavy atom. The Hall–Kier alpha value is -4.04. The summed E-state index contributed by atoms with van der Waals surface area (Å²) in [5, 5.41) is 15.3. The highest BCUT2D eigenvalue weighted by atomic mass is 16.7. The summed E-state index contributed by atoms with van der Waals surface area (Å²) in [4.78, 5) is 27.1. The molecule has 8 nitrogen and oxygen atoms in total. The van der Waals surface area contributed by atoms with Crippen LogP contribution in [0.4, 0.5) is 16.2 Å². The third kappa shape index (κ3) is 5.92. The summed E-state index contributed by atoms with van der Waals surface area (Å²) in [7, 11) is 0. The summed E-state index contributed by atoms with van der Waals surface area (Å²) >= 11 is 0. The zero-order valence-electron chi connectivity index (χ0n) is 21.5. The number of likely N-dealkylation sites (tertiary alicyclic amines) is 1. The fourth-order valence-corrected chi connectivity index (χ4v) is 5.33. The number of nitrogens with zero attached hydrogens (tertiary/aromatic N) is 1. The second-order valence-electron chi connectivity index (χ2n) is 9.84. The molecule has 198 valence electrons. The van der Waals surface area contributed by atoms with Gasteiger partial charge in [0.05, 0.1) is 11.3 Å². The number of amides is 2. The molecule has 2 aliphatic rings. The van der Waals surface area contributed by atoms with Crippen molar-refractivity contribution in [2.75, 3.05) is 30.5 Å². The van der Waals surface area contributed by atoms with Gasteiger partial charge in [0.1, 0.15) is 0 Å². The predicted octanol–water partition coefficient (Wildman–Crippen LogP) is 5.77. The van der Waals surface area contributed by atoms with Crippen LogP contribution in [0.25, 0.3) is 0 Å². The number of carboxylic acids is 1. The maximum atomic E-state index is 13.0. The molecule has 8 heteroatoms. The van der Waals surface area contributed by atoms with E-state index in [1.54, 1.807) is 24.3 Å². The summed E-state index contributed by atoms with van der Waals surface area (Å²) in [5.74, 6) is 0.916. The molecule has 3 N–H and O–H groups in total. The van der Waals surface area contributed by atoms with Crippen LogP contribution in [0.2, 0.25) is 0 Å². The Balaban J connectivity index is 1.27. The largest absolute Gasteiger partial charge is 0.478 e. The van der Waals surface area contributed by atoms with Gasteiger partial charge in [-0.2, -0.15) is 0 Å². The number of aromatic carboxylic acids is 1. The van der Waals surface area contributed by atoms with E-state index < -0.39 is 12.0 Å². The second kappa shape index (κ2) is 11.6. The van der Waals surface area contributed by atoms with E-state index in [0.717, 1.165) is 37.9 Å². The molecule has 3 aromatic rings. The van der Waals surface area contributed by atoms with Gasteiger partial charge < -0.3 is 25.2 Å². The molecule has 2 aliphatic heterocycles. The summed E-state index contributed by atoms with van der Waals surface area (Å²) in [5.41, 5.74) is 4.22. The Morgan fingerprint density at radius 2 is 1.66 bits per heavy atom. The number of benzene rings is 3. The van der Waals surface area contributed by atoms with Crippen LogP contribution in [0.1, 0.15) is 46.8 Å². The average molecular weight is 516 g/mol. The van der Waals surface area contributed by atoms with Gasteiger partial charge in [-0.05, 0) is 79.6 Å². The van der Waals surface area contributed by atoms with Crippen molar-refractivity contribution in [3.8, 4) is 11.5 Å². The molecule has 1 fully saturated rings. The van der Waals surface area contributed by atoms with E-state index in [0.29, 0.717) is 47.3 Å². The topological polar surface area (TPSA) is 100 Å². The van der Waals surface area contributed by atoms with E-state index in [1.807, 2.05) is 13.0 Å². The maximum absolute atomic E-state index is 13.0. The van der Waals surface area contributed by atoms with Crippen molar-refractivity contribution >= 4 is 23.4 Å². The quantitative estimate of drug-likeness (QED) is 0.352. The number of hydrogen-bond donors (Lipinski definition) is 3. The number of rotatable bonds is 8. The van der Waals surface area contributed by atoms with E-state index in [2.05, 4.69) is 45.9 Å². The first-order valence-electron chi connectivity index (χ1n) is 13.1. The number of ether oxygens (including phenoxy) is 2. The molecule has 38 heavy (non-hydrogen) atoms. The first-order valence-corrected chi connectivity index (χ1v) is 13.1. The highest BCUT2D eigenvalue weighted by molar-refractivity contribution is 6.02. The normalized spacial score (nSPS) is 15.3. The first-order chi connectivity index (χ1) is 18.5. The predicted molar refractivity (Wildman–Crippen MR) is 146 cm³/mol. The Kier molecular flexibility index (Phi) is 7.79. The third-order valence-corrected chi connectivity index (χ3v) is 7.32. The third-order valence-electron chi connectivity index (χ3n) is 7.32. The highest BCUT2D eigenvalue weighted by Crippen LogP contribution is 2.38. The van der Waals surface area contributed by atoms with Crippen molar-refractivity contribution in [2.24, 2.45) is 5.92 Å². The summed E-state index contributed by atoms with van der Waals surface area (Å²) in [6, 6.07) is 18.8. The molecule has 3 aromatic carbocycles. The van der Waals surface area contributed by atoms with E-state index in [1.165, 1.54) is 5.56 Å². The molecule has 0 aliphatic carbocycles. The van der Waals surface area contributed by atoms with Crippen molar-refractivity contribution in [1.82, 2.24) is 4.90 Å². The molecular formula is C30H33N3O5. The lowest BCUT2D eigenvalue weighted by Crippen LogP contribution is -2.34. The van der Waals surface area contributed by atoms with Gasteiger partial charge in [0.2, 0.25) is 6.79 Å². The Morgan fingerprint density at radius 1 is 0.947 bits per heavy atom. The van der Waals surface area contributed by atoms with Crippen LogP contribution in [0, 0.1) is 5.92 Å². The van der Waals surface area contributed by atoms with Gasteiger partial charge in [-0.3, -0.25) is 4.90 Å². The number of urea groups is 1. The standard InChI is InChI=1S/C30H33N3O5/c1-2-23-24(29(34)35)9-6-10-25(23)31-30(36)32-26-17-28-27(37-19-38-28)16-22(26)18-33-13-11-21(12-14-33)15-20-7-4-3-5-8-20/h3-10,16-17,21H,2,11-15,18-19H2,1H3,(H,34,35)(H2,31,32,36).